The third-order valence-corrected chi connectivity index (χ3v) is 3.52. The predicted molar refractivity (Wildman–Crippen MR) is 77.6 cm³/mol. The molecule has 2 aromatic rings. The number of rotatable bonds is 3. The first-order valence-corrected chi connectivity index (χ1v) is 6.46. The third kappa shape index (κ3) is 2.57. The van der Waals surface area contributed by atoms with Gasteiger partial charge in [-0.25, -0.2) is 0 Å². The zero-order valence-corrected chi connectivity index (χ0v) is 12.2. The summed E-state index contributed by atoms with van der Waals surface area (Å²) in [5, 5.41) is 17.8. The lowest BCUT2D eigenvalue weighted by atomic mass is 10.0. The van der Waals surface area contributed by atoms with Gasteiger partial charge in [0, 0.05) is 12.6 Å². The molecule has 1 aromatic carbocycles. The van der Waals surface area contributed by atoms with E-state index < -0.39 is 0 Å². The minimum absolute atomic E-state index is 0.0298. The molecule has 0 aliphatic heterocycles. The van der Waals surface area contributed by atoms with Gasteiger partial charge in [0.1, 0.15) is 5.75 Å². The van der Waals surface area contributed by atoms with Crippen molar-refractivity contribution in [3.8, 4) is 5.75 Å². The lowest BCUT2D eigenvalue weighted by molar-refractivity contribution is 0.465. The highest BCUT2D eigenvalue weighted by Gasteiger charge is 2.15. The Bertz CT molecular complexity index is 602. The molecule has 2 rings (SSSR count). The standard InChI is InChI=1S/C15H21N3O/c1-9-6-7-13(14(19)8-9)10(2)16-15-11(3)17-18(5)12(15)4/h6-8,10,16,19H,1-5H3. The van der Waals surface area contributed by atoms with Crippen molar-refractivity contribution in [1.82, 2.24) is 9.78 Å². The Kier molecular flexibility index (Phi) is 3.51. The van der Waals surface area contributed by atoms with Gasteiger partial charge in [-0.3, -0.25) is 4.68 Å². The van der Waals surface area contributed by atoms with E-state index in [4.69, 9.17) is 0 Å². The molecule has 102 valence electrons. The summed E-state index contributed by atoms with van der Waals surface area (Å²) in [6, 6.07) is 5.79. The van der Waals surface area contributed by atoms with Crippen molar-refractivity contribution in [1.29, 1.82) is 0 Å². The summed E-state index contributed by atoms with van der Waals surface area (Å²) in [5.41, 5.74) is 5.06. The number of aromatic nitrogens is 2. The van der Waals surface area contributed by atoms with Gasteiger partial charge in [-0.1, -0.05) is 12.1 Å². The molecule has 2 N–H and O–H groups in total. The largest absolute Gasteiger partial charge is 0.508 e. The van der Waals surface area contributed by atoms with Crippen LogP contribution in [-0.4, -0.2) is 14.9 Å². The zero-order valence-electron chi connectivity index (χ0n) is 12.2. The van der Waals surface area contributed by atoms with Crippen molar-refractivity contribution in [3.05, 3.63) is 40.7 Å². The molecule has 0 amide bonds. The summed E-state index contributed by atoms with van der Waals surface area (Å²) < 4.78 is 1.86. The number of nitrogens with zero attached hydrogens (tertiary/aromatic N) is 2. The molecule has 0 saturated heterocycles. The van der Waals surface area contributed by atoms with Crippen LogP contribution in [-0.2, 0) is 7.05 Å². The maximum absolute atomic E-state index is 10.0. The number of nitrogens with one attached hydrogen (secondary N) is 1. The second-order valence-electron chi connectivity index (χ2n) is 5.10. The monoisotopic (exact) mass is 259 g/mol. The van der Waals surface area contributed by atoms with Crippen LogP contribution in [0, 0.1) is 20.8 Å². The first-order chi connectivity index (χ1) is 8.90. The number of hydrogen-bond acceptors (Lipinski definition) is 3. The van der Waals surface area contributed by atoms with Gasteiger partial charge in [-0.2, -0.15) is 5.10 Å². The number of aryl methyl sites for hydroxylation is 3. The van der Waals surface area contributed by atoms with Crippen LogP contribution in [0.2, 0.25) is 0 Å². The number of benzene rings is 1. The Labute approximate surface area is 114 Å². The van der Waals surface area contributed by atoms with Gasteiger partial charge in [0.2, 0.25) is 0 Å². The van der Waals surface area contributed by atoms with Gasteiger partial charge < -0.3 is 10.4 Å². The van der Waals surface area contributed by atoms with Gasteiger partial charge >= 0.3 is 0 Å². The Hall–Kier alpha value is -1.97. The number of phenols is 1. The summed E-state index contributed by atoms with van der Waals surface area (Å²) in [7, 11) is 1.93. The molecule has 4 nitrogen and oxygen atoms in total. The lowest BCUT2D eigenvalue weighted by Gasteiger charge is -2.17. The predicted octanol–water partition coefficient (Wildman–Crippen LogP) is 3.22. The van der Waals surface area contributed by atoms with E-state index in [1.165, 1.54) is 0 Å². The number of anilines is 1. The smallest absolute Gasteiger partial charge is 0.121 e. The van der Waals surface area contributed by atoms with E-state index in [1.54, 1.807) is 6.07 Å². The van der Waals surface area contributed by atoms with E-state index in [9.17, 15) is 5.11 Å². The fraction of sp³-hybridized carbons (Fsp3) is 0.400. The van der Waals surface area contributed by atoms with Crippen LogP contribution >= 0.6 is 0 Å². The quantitative estimate of drug-likeness (QED) is 0.889. The minimum Gasteiger partial charge on any atom is -0.508 e. The Morgan fingerprint density at radius 1 is 1.26 bits per heavy atom. The number of aromatic hydroxyl groups is 1. The molecule has 0 saturated carbocycles. The van der Waals surface area contributed by atoms with Gasteiger partial charge in [0.15, 0.2) is 0 Å². The van der Waals surface area contributed by atoms with Crippen LogP contribution in [0.15, 0.2) is 18.2 Å². The SMILES string of the molecule is Cc1ccc(C(C)Nc2c(C)nn(C)c2C)c(O)c1. The molecule has 0 radical (unpaired) electrons. The van der Waals surface area contributed by atoms with Crippen molar-refractivity contribution in [2.75, 3.05) is 5.32 Å². The number of hydrogen-bond donors (Lipinski definition) is 2. The van der Waals surface area contributed by atoms with Crippen LogP contribution in [0.25, 0.3) is 0 Å². The third-order valence-electron chi connectivity index (χ3n) is 3.52. The molecular weight excluding hydrogens is 238 g/mol. The van der Waals surface area contributed by atoms with Gasteiger partial charge in [0.05, 0.1) is 23.1 Å². The van der Waals surface area contributed by atoms with Crippen LogP contribution in [0.1, 0.15) is 35.5 Å². The fourth-order valence-corrected chi connectivity index (χ4v) is 2.30. The topological polar surface area (TPSA) is 50.1 Å². The molecule has 1 atom stereocenters. The van der Waals surface area contributed by atoms with E-state index in [1.807, 2.05) is 51.6 Å². The maximum Gasteiger partial charge on any atom is 0.121 e. The van der Waals surface area contributed by atoms with Crippen molar-refractivity contribution in [3.63, 3.8) is 0 Å². The van der Waals surface area contributed by atoms with E-state index >= 15 is 0 Å². The summed E-state index contributed by atoms with van der Waals surface area (Å²) in [6.07, 6.45) is 0. The molecule has 0 aliphatic rings. The van der Waals surface area contributed by atoms with Gasteiger partial charge in [-0.15, -0.1) is 0 Å². The Balaban J connectivity index is 2.28. The summed E-state index contributed by atoms with van der Waals surface area (Å²) in [6.45, 7) is 8.02. The van der Waals surface area contributed by atoms with Crippen LogP contribution in [0.5, 0.6) is 5.75 Å². The van der Waals surface area contributed by atoms with Gasteiger partial charge in [-0.05, 0) is 39.3 Å². The summed E-state index contributed by atoms with van der Waals surface area (Å²) in [5.74, 6) is 0.333. The van der Waals surface area contributed by atoms with Crippen LogP contribution in [0.4, 0.5) is 5.69 Å². The highest BCUT2D eigenvalue weighted by Crippen LogP contribution is 2.29. The molecule has 0 aliphatic carbocycles. The molecular formula is C15H21N3O. The van der Waals surface area contributed by atoms with E-state index in [0.717, 1.165) is 28.2 Å². The van der Waals surface area contributed by atoms with E-state index in [0.29, 0.717) is 5.75 Å². The van der Waals surface area contributed by atoms with Crippen molar-refractivity contribution in [2.45, 2.75) is 33.7 Å². The molecule has 4 heteroatoms. The second kappa shape index (κ2) is 4.96. The summed E-state index contributed by atoms with van der Waals surface area (Å²) in [4.78, 5) is 0. The highest BCUT2D eigenvalue weighted by molar-refractivity contribution is 5.54. The lowest BCUT2D eigenvalue weighted by Crippen LogP contribution is -2.08. The van der Waals surface area contributed by atoms with Crippen molar-refractivity contribution in [2.24, 2.45) is 7.05 Å². The Morgan fingerprint density at radius 2 is 1.95 bits per heavy atom. The molecule has 0 spiro atoms. The first kappa shape index (κ1) is 13.5. The van der Waals surface area contributed by atoms with Gasteiger partial charge in [0.25, 0.3) is 0 Å². The average molecular weight is 259 g/mol. The first-order valence-electron chi connectivity index (χ1n) is 6.46. The minimum atomic E-state index is 0.0298. The molecule has 0 fully saturated rings. The number of phenolic OH excluding ortho intramolecular Hbond substituents is 1. The zero-order chi connectivity index (χ0) is 14.2. The molecule has 19 heavy (non-hydrogen) atoms. The van der Waals surface area contributed by atoms with Crippen molar-refractivity contribution < 1.29 is 5.11 Å². The molecule has 1 aromatic heterocycles. The van der Waals surface area contributed by atoms with E-state index in [2.05, 4.69) is 10.4 Å². The van der Waals surface area contributed by atoms with Crippen LogP contribution in [0.3, 0.4) is 0 Å². The maximum atomic E-state index is 10.0. The Morgan fingerprint density at radius 3 is 2.47 bits per heavy atom. The molecule has 1 heterocycles. The normalized spacial score (nSPS) is 12.5. The molecule has 1 unspecified atom stereocenters. The van der Waals surface area contributed by atoms with Crippen LogP contribution < -0.4 is 5.32 Å². The average Bonchev–Trinajstić information content (AvgIpc) is 2.56. The van der Waals surface area contributed by atoms with E-state index in [-0.39, 0.29) is 6.04 Å². The molecule has 0 bridgehead atoms. The highest BCUT2D eigenvalue weighted by atomic mass is 16.3. The summed E-state index contributed by atoms with van der Waals surface area (Å²) >= 11 is 0. The second-order valence-corrected chi connectivity index (χ2v) is 5.10. The van der Waals surface area contributed by atoms with Crippen molar-refractivity contribution >= 4 is 5.69 Å². The fourth-order valence-electron chi connectivity index (χ4n) is 2.30.